The van der Waals surface area contributed by atoms with Crippen LogP contribution in [-0.2, 0) is 5.41 Å². The van der Waals surface area contributed by atoms with E-state index in [1.807, 2.05) is 6.20 Å². The molecule has 1 fully saturated rings. The number of anilines is 1. The molecule has 0 saturated heterocycles. The number of hydrogen-bond donors (Lipinski definition) is 2. The van der Waals surface area contributed by atoms with Crippen molar-refractivity contribution in [2.24, 2.45) is 5.92 Å². The van der Waals surface area contributed by atoms with Crippen LogP contribution < -0.4 is 5.32 Å². The number of aromatic nitrogens is 1. The van der Waals surface area contributed by atoms with Gasteiger partial charge in [-0.05, 0) is 29.9 Å². The van der Waals surface area contributed by atoms with E-state index in [4.69, 9.17) is 0 Å². The first-order chi connectivity index (χ1) is 9.00. The van der Waals surface area contributed by atoms with E-state index >= 15 is 0 Å². The van der Waals surface area contributed by atoms with Gasteiger partial charge in [0.15, 0.2) is 0 Å². The maximum atomic E-state index is 9.43. The van der Waals surface area contributed by atoms with Crippen LogP contribution in [0.3, 0.4) is 0 Å². The molecule has 106 valence electrons. The summed E-state index contributed by atoms with van der Waals surface area (Å²) in [6.45, 7) is 6.86. The standard InChI is InChI=1S/C16H26N2O/c1-16(2,3)13-8-9-15(17-10-13)18-14-7-5-4-6-12(14)11-19/h8-10,12,14,19H,4-7,11H2,1-3H3,(H,17,18). The van der Waals surface area contributed by atoms with Crippen LogP contribution in [0.25, 0.3) is 0 Å². The fourth-order valence-electron chi connectivity index (χ4n) is 2.73. The minimum atomic E-state index is 0.143. The molecule has 1 aliphatic rings. The molecule has 0 aromatic carbocycles. The van der Waals surface area contributed by atoms with E-state index in [0.29, 0.717) is 12.0 Å². The molecule has 1 aliphatic carbocycles. The third kappa shape index (κ3) is 3.69. The lowest BCUT2D eigenvalue weighted by Crippen LogP contribution is -2.34. The van der Waals surface area contributed by atoms with E-state index in [1.165, 1.54) is 18.4 Å². The minimum Gasteiger partial charge on any atom is -0.396 e. The van der Waals surface area contributed by atoms with Gasteiger partial charge in [-0.25, -0.2) is 4.98 Å². The molecule has 2 atom stereocenters. The third-order valence-corrected chi connectivity index (χ3v) is 4.11. The first-order valence-electron chi connectivity index (χ1n) is 7.34. The van der Waals surface area contributed by atoms with E-state index in [2.05, 4.69) is 43.2 Å². The van der Waals surface area contributed by atoms with Crippen LogP contribution in [-0.4, -0.2) is 22.7 Å². The summed E-state index contributed by atoms with van der Waals surface area (Å²) in [6.07, 6.45) is 6.69. The van der Waals surface area contributed by atoms with Crippen LogP contribution in [0.15, 0.2) is 18.3 Å². The highest BCUT2D eigenvalue weighted by Gasteiger charge is 2.24. The Morgan fingerprint density at radius 3 is 2.58 bits per heavy atom. The fourth-order valence-corrected chi connectivity index (χ4v) is 2.73. The van der Waals surface area contributed by atoms with Gasteiger partial charge >= 0.3 is 0 Å². The van der Waals surface area contributed by atoms with Gasteiger partial charge in [-0.15, -0.1) is 0 Å². The molecule has 2 unspecified atom stereocenters. The third-order valence-electron chi connectivity index (χ3n) is 4.11. The van der Waals surface area contributed by atoms with Gasteiger partial charge in [0.1, 0.15) is 5.82 Å². The zero-order valence-electron chi connectivity index (χ0n) is 12.3. The summed E-state index contributed by atoms with van der Waals surface area (Å²) in [5.41, 5.74) is 1.39. The average molecular weight is 262 g/mol. The first-order valence-corrected chi connectivity index (χ1v) is 7.34. The Morgan fingerprint density at radius 2 is 2.00 bits per heavy atom. The Hall–Kier alpha value is -1.09. The van der Waals surface area contributed by atoms with Crippen LogP contribution in [0.1, 0.15) is 52.0 Å². The van der Waals surface area contributed by atoms with Crippen LogP contribution in [0.2, 0.25) is 0 Å². The number of aliphatic hydroxyl groups excluding tert-OH is 1. The molecule has 1 aromatic rings. The van der Waals surface area contributed by atoms with E-state index < -0.39 is 0 Å². The monoisotopic (exact) mass is 262 g/mol. The molecule has 1 heterocycles. The predicted molar refractivity (Wildman–Crippen MR) is 79.4 cm³/mol. The van der Waals surface area contributed by atoms with Crippen LogP contribution in [0, 0.1) is 5.92 Å². The molecule has 19 heavy (non-hydrogen) atoms. The zero-order valence-corrected chi connectivity index (χ0v) is 12.3. The molecule has 2 N–H and O–H groups in total. The number of aliphatic hydroxyl groups is 1. The Balaban J connectivity index is 2.02. The van der Waals surface area contributed by atoms with Crippen molar-refractivity contribution in [3.8, 4) is 0 Å². The molecule has 0 radical (unpaired) electrons. The van der Waals surface area contributed by atoms with Crippen molar-refractivity contribution >= 4 is 5.82 Å². The van der Waals surface area contributed by atoms with Crippen molar-refractivity contribution < 1.29 is 5.11 Å². The Morgan fingerprint density at radius 1 is 1.26 bits per heavy atom. The summed E-state index contributed by atoms with van der Waals surface area (Å²) in [5.74, 6) is 1.30. The van der Waals surface area contributed by atoms with Gasteiger partial charge in [0.25, 0.3) is 0 Å². The van der Waals surface area contributed by atoms with Crippen molar-refractivity contribution in [3.63, 3.8) is 0 Å². The predicted octanol–water partition coefficient (Wildman–Crippen LogP) is 3.34. The Bertz CT molecular complexity index is 394. The summed E-state index contributed by atoms with van der Waals surface area (Å²) in [6, 6.07) is 4.57. The minimum absolute atomic E-state index is 0.143. The van der Waals surface area contributed by atoms with Crippen molar-refractivity contribution in [2.45, 2.75) is 57.9 Å². The molecule has 0 aliphatic heterocycles. The van der Waals surface area contributed by atoms with Gasteiger partial charge in [0.2, 0.25) is 0 Å². The molecule has 1 aromatic heterocycles. The molecule has 0 amide bonds. The summed E-state index contributed by atoms with van der Waals surface area (Å²) in [4.78, 5) is 4.52. The highest BCUT2D eigenvalue weighted by molar-refractivity contribution is 5.38. The normalized spacial score (nSPS) is 24.2. The maximum Gasteiger partial charge on any atom is 0.126 e. The summed E-state index contributed by atoms with van der Waals surface area (Å²) < 4.78 is 0. The molecule has 0 spiro atoms. The number of pyridine rings is 1. The number of nitrogens with one attached hydrogen (secondary N) is 1. The fraction of sp³-hybridized carbons (Fsp3) is 0.688. The first kappa shape index (κ1) is 14.3. The summed E-state index contributed by atoms with van der Waals surface area (Å²) in [7, 11) is 0. The van der Waals surface area contributed by atoms with E-state index in [-0.39, 0.29) is 12.0 Å². The molecular weight excluding hydrogens is 236 g/mol. The lowest BCUT2D eigenvalue weighted by molar-refractivity contribution is 0.178. The molecule has 0 bridgehead atoms. The van der Waals surface area contributed by atoms with E-state index in [1.54, 1.807) is 0 Å². The van der Waals surface area contributed by atoms with Gasteiger partial charge in [-0.2, -0.15) is 0 Å². The molecule has 1 saturated carbocycles. The molecule has 2 rings (SSSR count). The highest BCUT2D eigenvalue weighted by Crippen LogP contribution is 2.27. The van der Waals surface area contributed by atoms with Crippen molar-refractivity contribution in [2.75, 3.05) is 11.9 Å². The number of hydrogen-bond acceptors (Lipinski definition) is 3. The van der Waals surface area contributed by atoms with Crippen LogP contribution in [0.5, 0.6) is 0 Å². The lowest BCUT2D eigenvalue weighted by atomic mass is 9.85. The van der Waals surface area contributed by atoms with Crippen LogP contribution >= 0.6 is 0 Å². The number of rotatable bonds is 3. The van der Waals surface area contributed by atoms with Crippen molar-refractivity contribution in [1.82, 2.24) is 4.98 Å². The SMILES string of the molecule is CC(C)(C)c1ccc(NC2CCCCC2CO)nc1. The van der Waals surface area contributed by atoms with Crippen LogP contribution in [0.4, 0.5) is 5.82 Å². The maximum absolute atomic E-state index is 9.43. The molecule has 3 nitrogen and oxygen atoms in total. The zero-order chi connectivity index (χ0) is 13.9. The Labute approximate surface area is 116 Å². The summed E-state index contributed by atoms with van der Waals surface area (Å²) >= 11 is 0. The largest absolute Gasteiger partial charge is 0.396 e. The lowest BCUT2D eigenvalue weighted by Gasteiger charge is -2.31. The van der Waals surface area contributed by atoms with E-state index in [9.17, 15) is 5.11 Å². The topological polar surface area (TPSA) is 45.1 Å². The molecule has 3 heteroatoms. The highest BCUT2D eigenvalue weighted by atomic mass is 16.3. The van der Waals surface area contributed by atoms with Gasteiger partial charge in [0, 0.05) is 24.8 Å². The van der Waals surface area contributed by atoms with Gasteiger partial charge in [0.05, 0.1) is 0 Å². The second-order valence-electron chi connectivity index (χ2n) is 6.66. The smallest absolute Gasteiger partial charge is 0.126 e. The molecular formula is C16H26N2O. The van der Waals surface area contributed by atoms with Gasteiger partial charge in [-0.3, -0.25) is 0 Å². The van der Waals surface area contributed by atoms with Crippen molar-refractivity contribution in [1.29, 1.82) is 0 Å². The van der Waals surface area contributed by atoms with E-state index in [0.717, 1.165) is 18.7 Å². The van der Waals surface area contributed by atoms with Gasteiger partial charge in [-0.1, -0.05) is 39.7 Å². The second kappa shape index (κ2) is 5.91. The quantitative estimate of drug-likeness (QED) is 0.878. The summed E-state index contributed by atoms with van der Waals surface area (Å²) in [5, 5.41) is 12.9. The Kier molecular flexibility index (Phi) is 4.46. The average Bonchev–Trinajstić information content (AvgIpc) is 2.39. The second-order valence-corrected chi connectivity index (χ2v) is 6.66. The van der Waals surface area contributed by atoms with Crippen molar-refractivity contribution in [3.05, 3.63) is 23.9 Å². The van der Waals surface area contributed by atoms with Gasteiger partial charge < -0.3 is 10.4 Å². The number of nitrogens with zero attached hydrogens (tertiary/aromatic N) is 1.